The molecule has 0 saturated carbocycles. The predicted octanol–water partition coefficient (Wildman–Crippen LogP) is 2.15. The zero-order valence-corrected chi connectivity index (χ0v) is 16.7. The summed E-state index contributed by atoms with van der Waals surface area (Å²) in [5.41, 5.74) is 3.88. The molecule has 1 fully saturated rings. The van der Waals surface area contributed by atoms with Gasteiger partial charge in [0.15, 0.2) is 12.2 Å². The van der Waals surface area contributed by atoms with Crippen molar-refractivity contribution in [3.8, 4) is 0 Å². The monoisotopic (exact) mass is 428 g/mol. The van der Waals surface area contributed by atoms with E-state index >= 15 is 0 Å². The van der Waals surface area contributed by atoms with E-state index in [1.807, 2.05) is 6.07 Å². The lowest BCUT2D eigenvalue weighted by Crippen LogP contribution is -2.63. The summed E-state index contributed by atoms with van der Waals surface area (Å²) in [6.07, 6.45) is 0.763. The second-order valence-electron chi connectivity index (χ2n) is 6.83. The van der Waals surface area contributed by atoms with E-state index in [0.717, 1.165) is 0 Å². The van der Waals surface area contributed by atoms with Crippen molar-refractivity contribution >= 4 is 35.7 Å². The summed E-state index contributed by atoms with van der Waals surface area (Å²) >= 11 is 6.13. The maximum Gasteiger partial charge on any atom is 0.325 e. The molecule has 0 spiro atoms. The van der Waals surface area contributed by atoms with Crippen LogP contribution >= 0.6 is 11.6 Å². The van der Waals surface area contributed by atoms with Crippen LogP contribution in [-0.2, 0) is 11.3 Å². The second kappa shape index (κ2) is 8.11. The van der Waals surface area contributed by atoms with Crippen molar-refractivity contribution in [1.29, 1.82) is 0 Å². The van der Waals surface area contributed by atoms with Gasteiger partial charge in [0.25, 0.3) is 5.91 Å². The SMILES string of the molecule is CN1C(=O)NC(=O)C2C1N=C(N/N=C/c1ccccc1Cl)N2Cc1ccccc1F. The quantitative estimate of drug-likeness (QED) is 0.577. The van der Waals surface area contributed by atoms with Crippen LogP contribution in [-0.4, -0.2) is 53.2 Å². The fourth-order valence-electron chi connectivity index (χ4n) is 3.34. The van der Waals surface area contributed by atoms with Gasteiger partial charge >= 0.3 is 6.03 Å². The first-order valence-electron chi connectivity index (χ1n) is 9.15. The molecular formula is C20H18ClFN6O2. The minimum Gasteiger partial charge on any atom is -0.321 e. The van der Waals surface area contributed by atoms with Crippen molar-refractivity contribution in [2.24, 2.45) is 10.1 Å². The lowest BCUT2D eigenvalue weighted by Gasteiger charge is -2.36. The molecule has 2 aromatic rings. The summed E-state index contributed by atoms with van der Waals surface area (Å²) in [5.74, 6) is -0.663. The number of amides is 3. The number of benzene rings is 2. The number of aliphatic imine (C=N–C) groups is 1. The lowest BCUT2D eigenvalue weighted by molar-refractivity contribution is -0.127. The number of halogens is 2. The predicted molar refractivity (Wildman–Crippen MR) is 110 cm³/mol. The minimum absolute atomic E-state index is 0.0662. The molecule has 2 aromatic carbocycles. The molecule has 0 aliphatic carbocycles. The van der Waals surface area contributed by atoms with Crippen molar-refractivity contribution in [2.75, 3.05) is 7.05 Å². The lowest BCUT2D eigenvalue weighted by atomic mass is 10.1. The molecule has 154 valence electrons. The van der Waals surface area contributed by atoms with E-state index in [0.29, 0.717) is 16.1 Å². The highest BCUT2D eigenvalue weighted by molar-refractivity contribution is 6.33. The van der Waals surface area contributed by atoms with Crippen LogP contribution in [0.4, 0.5) is 9.18 Å². The molecule has 10 heteroatoms. The standard InChI is InChI=1S/C20H18ClFN6O2/c1-27-17-16(18(29)25-20(27)30)28(11-13-7-3-5-9-15(13)22)19(24-17)26-23-10-12-6-2-4-8-14(12)21/h2-10,16-17H,11H2,1H3,(H,24,26)(H,25,29,30)/b23-10+. The van der Waals surface area contributed by atoms with Gasteiger partial charge in [-0.1, -0.05) is 48.0 Å². The number of guanidine groups is 1. The van der Waals surface area contributed by atoms with Gasteiger partial charge in [-0.05, 0) is 12.1 Å². The normalized spacial score (nSPS) is 21.0. The summed E-state index contributed by atoms with van der Waals surface area (Å²) < 4.78 is 14.3. The van der Waals surface area contributed by atoms with Crippen molar-refractivity contribution < 1.29 is 14.0 Å². The molecule has 2 aliphatic heterocycles. The number of nitrogens with zero attached hydrogens (tertiary/aromatic N) is 4. The van der Waals surface area contributed by atoms with Gasteiger partial charge in [0.1, 0.15) is 5.82 Å². The molecule has 4 rings (SSSR count). The number of carbonyl (C=O) groups excluding carboxylic acids is 2. The molecule has 0 aromatic heterocycles. The number of nitrogens with one attached hydrogen (secondary N) is 2. The summed E-state index contributed by atoms with van der Waals surface area (Å²) in [7, 11) is 1.54. The highest BCUT2D eigenvalue weighted by Crippen LogP contribution is 2.25. The van der Waals surface area contributed by atoms with E-state index in [1.165, 1.54) is 17.2 Å². The van der Waals surface area contributed by atoms with E-state index in [2.05, 4.69) is 20.8 Å². The van der Waals surface area contributed by atoms with Crippen molar-refractivity contribution in [1.82, 2.24) is 20.5 Å². The largest absolute Gasteiger partial charge is 0.325 e. The van der Waals surface area contributed by atoms with Gasteiger partial charge in [-0.25, -0.2) is 19.6 Å². The van der Waals surface area contributed by atoms with Crippen LogP contribution < -0.4 is 10.7 Å². The van der Waals surface area contributed by atoms with E-state index < -0.39 is 30.0 Å². The van der Waals surface area contributed by atoms with E-state index in [-0.39, 0.29) is 12.5 Å². The van der Waals surface area contributed by atoms with E-state index in [1.54, 1.807) is 48.3 Å². The fraction of sp³-hybridized carbons (Fsp3) is 0.200. The third-order valence-electron chi connectivity index (χ3n) is 4.93. The Balaban J connectivity index is 1.63. The van der Waals surface area contributed by atoms with E-state index in [4.69, 9.17) is 11.6 Å². The number of urea groups is 1. The van der Waals surface area contributed by atoms with Gasteiger partial charge in [0.2, 0.25) is 5.96 Å². The number of imide groups is 1. The zero-order chi connectivity index (χ0) is 21.3. The van der Waals surface area contributed by atoms with Crippen LogP contribution in [0.15, 0.2) is 58.6 Å². The number of hydrazone groups is 1. The molecular weight excluding hydrogens is 411 g/mol. The molecule has 2 aliphatic rings. The Morgan fingerprint density at radius 2 is 1.97 bits per heavy atom. The maximum atomic E-state index is 14.3. The first kappa shape index (κ1) is 19.8. The Morgan fingerprint density at radius 1 is 1.23 bits per heavy atom. The van der Waals surface area contributed by atoms with Crippen LogP contribution in [0.5, 0.6) is 0 Å². The van der Waals surface area contributed by atoms with Crippen molar-refractivity contribution in [3.63, 3.8) is 0 Å². The Kier molecular flexibility index (Phi) is 5.37. The number of likely N-dealkylation sites (N-methyl/N-ethyl adjacent to an activating group) is 1. The van der Waals surface area contributed by atoms with Gasteiger partial charge < -0.3 is 9.80 Å². The third-order valence-corrected chi connectivity index (χ3v) is 5.28. The molecule has 2 heterocycles. The molecule has 1 saturated heterocycles. The van der Waals surface area contributed by atoms with Crippen molar-refractivity contribution in [3.05, 3.63) is 70.5 Å². The van der Waals surface area contributed by atoms with Gasteiger partial charge in [0, 0.05) is 29.7 Å². The highest BCUT2D eigenvalue weighted by Gasteiger charge is 2.48. The van der Waals surface area contributed by atoms with Crippen LogP contribution in [0.3, 0.4) is 0 Å². The Morgan fingerprint density at radius 3 is 2.73 bits per heavy atom. The smallest absolute Gasteiger partial charge is 0.321 e. The van der Waals surface area contributed by atoms with Crippen LogP contribution in [0.2, 0.25) is 5.02 Å². The van der Waals surface area contributed by atoms with Crippen LogP contribution in [0.1, 0.15) is 11.1 Å². The van der Waals surface area contributed by atoms with Gasteiger partial charge in [-0.15, -0.1) is 0 Å². The Labute approximate surface area is 177 Å². The zero-order valence-electron chi connectivity index (χ0n) is 15.9. The Bertz CT molecular complexity index is 1060. The molecule has 0 bridgehead atoms. The maximum absolute atomic E-state index is 14.3. The average molecular weight is 429 g/mol. The molecule has 2 atom stereocenters. The number of fused-ring (bicyclic) bond motifs is 1. The summed E-state index contributed by atoms with van der Waals surface area (Å²) in [4.78, 5) is 31.9. The summed E-state index contributed by atoms with van der Waals surface area (Å²) in [6.45, 7) is 0.0662. The fourth-order valence-corrected chi connectivity index (χ4v) is 3.53. The van der Waals surface area contributed by atoms with Crippen LogP contribution in [0, 0.1) is 5.82 Å². The average Bonchev–Trinajstić information content (AvgIpc) is 3.08. The molecule has 2 N–H and O–H groups in total. The number of hydrogen-bond donors (Lipinski definition) is 2. The first-order valence-corrected chi connectivity index (χ1v) is 9.52. The van der Waals surface area contributed by atoms with Crippen molar-refractivity contribution in [2.45, 2.75) is 18.8 Å². The van der Waals surface area contributed by atoms with Gasteiger partial charge in [-0.2, -0.15) is 5.10 Å². The third kappa shape index (κ3) is 3.71. The van der Waals surface area contributed by atoms with Gasteiger partial charge in [0.05, 0.1) is 6.21 Å². The number of carbonyl (C=O) groups is 2. The number of rotatable bonds is 4. The minimum atomic E-state index is -0.815. The second-order valence-corrected chi connectivity index (χ2v) is 7.23. The number of hydrogen-bond acceptors (Lipinski definition) is 6. The van der Waals surface area contributed by atoms with Gasteiger partial charge in [-0.3, -0.25) is 10.1 Å². The Hall–Kier alpha value is -3.46. The molecule has 2 unspecified atom stereocenters. The summed E-state index contributed by atoms with van der Waals surface area (Å²) in [6, 6.07) is 12.1. The van der Waals surface area contributed by atoms with E-state index in [9.17, 15) is 14.0 Å². The molecule has 8 nitrogen and oxygen atoms in total. The molecule has 0 radical (unpaired) electrons. The molecule has 30 heavy (non-hydrogen) atoms. The first-order chi connectivity index (χ1) is 14.5. The van der Waals surface area contributed by atoms with Crippen LogP contribution in [0.25, 0.3) is 0 Å². The summed E-state index contributed by atoms with van der Waals surface area (Å²) in [5, 5.41) is 6.99. The highest BCUT2D eigenvalue weighted by atomic mass is 35.5. The topological polar surface area (TPSA) is 89.4 Å². The molecule has 3 amide bonds.